The Morgan fingerprint density at radius 3 is 2.53 bits per heavy atom. The highest BCUT2D eigenvalue weighted by atomic mass is 32.2. The normalized spacial score (nSPS) is 12.7. The van der Waals surface area contributed by atoms with E-state index in [2.05, 4.69) is 11.6 Å². The van der Waals surface area contributed by atoms with Crippen molar-refractivity contribution in [3.8, 4) is 0 Å². The number of thiol groups is 1. The van der Waals surface area contributed by atoms with E-state index in [1.165, 1.54) is 12.1 Å². The molecule has 1 atom stereocenters. The maximum Gasteiger partial charge on any atom is 0.175 e. The summed E-state index contributed by atoms with van der Waals surface area (Å²) >= 11 is 0. The summed E-state index contributed by atoms with van der Waals surface area (Å²) in [4.78, 5) is 0.655. The van der Waals surface area contributed by atoms with Crippen molar-refractivity contribution in [2.24, 2.45) is 0 Å². The third kappa shape index (κ3) is 4.53. The molecule has 1 rings (SSSR count). The molecule has 0 aliphatic rings. The van der Waals surface area contributed by atoms with Crippen molar-refractivity contribution in [3.63, 3.8) is 0 Å². The molecule has 0 fully saturated rings. The highest BCUT2D eigenvalue weighted by molar-refractivity contribution is 7.83. The summed E-state index contributed by atoms with van der Waals surface area (Å²) in [6.45, 7) is 2.88. The molecule has 4 heteroatoms. The van der Waals surface area contributed by atoms with Gasteiger partial charge >= 0.3 is 0 Å². The molecule has 1 aromatic carbocycles. The van der Waals surface area contributed by atoms with Gasteiger partial charge in [-0.05, 0) is 30.7 Å². The Labute approximate surface area is 92.5 Å². The van der Waals surface area contributed by atoms with Gasteiger partial charge in [0.1, 0.15) is 5.82 Å². The predicted octanol–water partition coefficient (Wildman–Crippen LogP) is 2.58. The molecule has 0 amide bonds. The number of hydrogen-bond donors (Lipinski definition) is 1. The second kappa shape index (κ2) is 6.69. The standard InChI is InChI=1S/C11H16FNOS/c1-2-3-4-9-13-15(14)11-7-5-10(12)6-8-11/h5-8H,2-4,9H2,1H3,(H,13,14)/p+1. The Balaban J connectivity index is 2.37. The molecule has 1 aromatic rings. The van der Waals surface area contributed by atoms with Crippen LogP contribution in [0.4, 0.5) is 4.39 Å². The van der Waals surface area contributed by atoms with E-state index in [1.54, 1.807) is 12.1 Å². The van der Waals surface area contributed by atoms with Gasteiger partial charge in [0.25, 0.3) is 0 Å². The van der Waals surface area contributed by atoms with E-state index in [0.717, 1.165) is 25.8 Å². The summed E-state index contributed by atoms with van der Waals surface area (Å²) in [5, 5.41) is 0. The van der Waals surface area contributed by atoms with E-state index in [1.807, 2.05) is 0 Å². The molecule has 1 unspecified atom stereocenters. The van der Waals surface area contributed by atoms with Crippen LogP contribution >= 0.6 is 0 Å². The number of halogens is 1. The summed E-state index contributed by atoms with van der Waals surface area (Å²) < 4.78 is 27.2. The largest absolute Gasteiger partial charge is 0.207 e. The van der Waals surface area contributed by atoms with Crippen LogP contribution in [-0.2, 0) is 15.2 Å². The number of nitrogens with one attached hydrogen (secondary N) is 1. The van der Waals surface area contributed by atoms with Gasteiger partial charge in [-0.1, -0.05) is 24.0 Å². The van der Waals surface area contributed by atoms with Crippen LogP contribution in [0.25, 0.3) is 0 Å². The van der Waals surface area contributed by atoms with Crippen molar-refractivity contribution in [3.05, 3.63) is 30.1 Å². The molecule has 0 spiro atoms. The fourth-order valence-electron chi connectivity index (χ4n) is 1.22. The summed E-state index contributed by atoms with van der Waals surface area (Å²) in [7, 11) is -1.57. The molecule has 0 saturated heterocycles. The van der Waals surface area contributed by atoms with Crippen LogP contribution in [0.2, 0.25) is 0 Å². The third-order valence-corrected chi connectivity index (χ3v) is 3.37. The van der Waals surface area contributed by atoms with Gasteiger partial charge in [-0.3, -0.25) is 0 Å². The molecule has 0 aliphatic heterocycles. The van der Waals surface area contributed by atoms with Crippen LogP contribution in [0.15, 0.2) is 29.2 Å². The SMILES string of the molecule is CCCCCN[SH+](=O)c1ccc(F)cc1. The van der Waals surface area contributed by atoms with Gasteiger partial charge in [0.2, 0.25) is 0 Å². The van der Waals surface area contributed by atoms with Gasteiger partial charge in [0.05, 0.1) is 0 Å². The lowest BCUT2D eigenvalue weighted by Gasteiger charge is -1.98. The Bertz CT molecular complexity index is 313. The fourth-order valence-corrected chi connectivity index (χ4v) is 2.19. The van der Waals surface area contributed by atoms with Crippen LogP contribution in [0.1, 0.15) is 26.2 Å². The van der Waals surface area contributed by atoms with E-state index in [0.29, 0.717) is 4.90 Å². The molecule has 15 heavy (non-hydrogen) atoms. The van der Waals surface area contributed by atoms with E-state index in [-0.39, 0.29) is 5.82 Å². The van der Waals surface area contributed by atoms with Crippen molar-refractivity contribution in [1.82, 2.24) is 4.72 Å². The molecule has 0 aromatic heterocycles. The minimum Gasteiger partial charge on any atom is -0.207 e. The van der Waals surface area contributed by atoms with Gasteiger partial charge in [-0.2, -0.15) is 0 Å². The maximum absolute atomic E-state index is 12.6. The van der Waals surface area contributed by atoms with Gasteiger partial charge < -0.3 is 0 Å². The first kappa shape index (κ1) is 12.3. The van der Waals surface area contributed by atoms with Gasteiger partial charge in [0.15, 0.2) is 15.9 Å². The lowest BCUT2D eigenvalue weighted by Crippen LogP contribution is -2.17. The first-order valence-corrected chi connectivity index (χ1v) is 6.46. The zero-order valence-electron chi connectivity index (χ0n) is 8.87. The Morgan fingerprint density at radius 1 is 1.27 bits per heavy atom. The highest BCUT2D eigenvalue weighted by Crippen LogP contribution is 2.06. The summed E-state index contributed by atoms with van der Waals surface area (Å²) in [6, 6.07) is 5.77. The number of benzene rings is 1. The van der Waals surface area contributed by atoms with Crippen molar-refractivity contribution in [2.45, 2.75) is 31.1 Å². The van der Waals surface area contributed by atoms with E-state index < -0.39 is 11.0 Å². The zero-order chi connectivity index (χ0) is 11.1. The fraction of sp³-hybridized carbons (Fsp3) is 0.455. The molecule has 0 bridgehead atoms. The van der Waals surface area contributed by atoms with E-state index >= 15 is 0 Å². The smallest absolute Gasteiger partial charge is 0.175 e. The molecule has 0 radical (unpaired) electrons. The molecular weight excluding hydrogens is 213 g/mol. The van der Waals surface area contributed by atoms with Crippen LogP contribution in [0, 0.1) is 5.82 Å². The zero-order valence-corrected chi connectivity index (χ0v) is 9.77. The first-order chi connectivity index (χ1) is 7.24. The average Bonchev–Trinajstić information content (AvgIpc) is 2.25. The topological polar surface area (TPSA) is 29.1 Å². The number of unbranched alkanes of at least 4 members (excludes halogenated alkanes) is 2. The Kier molecular flexibility index (Phi) is 5.50. The second-order valence-electron chi connectivity index (χ2n) is 3.39. The van der Waals surface area contributed by atoms with Crippen molar-refractivity contribution >= 4 is 11.0 Å². The Hall–Kier alpha value is -0.740. The number of rotatable bonds is 6. The van der Waals surface area contributed by atoms with Gasteiger partial charge in [-0.15, -0.1) is 4.72 Å². The van der Waals surface area contributed by atoms with Crippen molar-refractivity contribution < 1.29 is 8.60 Å². The Morgan fingerprint density at radius 2 is 1.93 bits per heavy atom. The summed E-state index contributed by atoms with van der Waals surface area (Å²) in [5.41, 5.74) is 0. The predicted molar refractivity (Wildman–Crippen MR) is 61.6 cm³/mol. The molecule has 0 heterocycles. The van der Waals surface area contributed by atoms with Crippen LogP contribution < -0.4 is 4.72 Å². The van der Waals surface area contributed by atoms with Crippen LogP contribution in [-0.4, -0.2) is 6.54 Å². The molecule has 0 saturated carbocycles. The number of hydrogen-bond acceptors (Lipinski definition) is 1. The minimum absolute atomic E-state index is 0.298. The highest BCUT2D eigenvalue weighted by Gasteiger charge is 2.08. The van der Waals surface area contributed by atoms with E-state index in [4.69, 9.17) is 0 Å². The van der Waals surface area contributed by atoms with Gasteiger partial charge in [0, 0.05) is 6.54 Å². The first-order valence-electron chi connectivity index (χ1n) is 5.20. The second-order valence-corrected chi connectivity index (χ2v) is 4.81. The summed E-state index contributed by atoms with van der Waals surface area (Å²) in [5.74, 6) is -0.298. The van der Waals surface area contributed by atoms with Crippen LogP contribution in [0.5, 0.6) is 0 Å². The maximum atomic E-state index is 12.6. The average molecular weight is 230 g/mol. The molecule has 2 nitrogen and oxygen atoms in total. The molecular formula is C11H17FNOS+. The quantitative estimate of drug-likeness (QED) is 0.454. The van der Waals surface area contributed by atoms with E-state index in [9.17, 15) is 8.60 Å². The lowest BCUT2D eigenvalue weighted by atomic mass is 10.3. The third-order valence-electron chi connectivity index (χ3n) is 2.10. The van der Waals surface area contributed by atoms with Crippen molar-refractivity contribution in [1.29, 1.82) is 0 Å². The lowest BCUT2D eigenvalue weighted by molar-refractivity contribution is 0.584. The van der Waals surface area contributed by atoms with Crippen LogP contribution in [0.3, 0.4) is 0 Å². The molecule has 84 valence electrons. The minimum atomic E-state index is -1.57. The molecule has 0 aliphatic carbocycles. The monoisotopic (exact) mass is 230 g/mol. The molecule has 1 N–H and O–H groups in total. The van der Waals surface area contributed by atoms with Crippen molar-refractivity contribution in [2.75, 3.05) is 6.54 Å². The summed E-state index contributed by atoms with van der Waals surface area (Å²) in [6.07, 6.45) is 3.31. The van der Waals surface area contributed by atoms with Gasteiger partial charge in [-0.25, -0.2) is 4.39 Å².